The molecule has 0 radical (unpaired) electrons. The maximum Gasteiger partial charge on any atom is 0.159 e. The Morgan fingerprint density at radius 2 is 1.02 bits per heavy atom. The van der Waals surface area contributed by atoms with E-state index in [2.05, 4.69) is 47.0 Å². The van der Waals surface area contributed by atoms with Crippen molar-refractivity contribution in [3.63, 3.8) is 0 Å². The van der Waals surface area contributed by atoms with Gasteiger partial charge >= 0.3 is 0 Å². The van der Waals surface area contributed by atoms with E-state index in [9.17, 15) is 2.74 Å². The molecule has 3 aromatic heterocycles. The molecule has 0 N–H and O–H groups in total. The number of para-hydroxylation sites is 4. The zero-order valence-corrected chi connectivity index (χ0v) is 26.8. The molecule has 0 saturated heterocycles. The van der Waals surface area contributed by atoms with E-state index in [1.165, 1.54) is 0 Å². The summed E-state index contributed by atoms with van der Waals surface area (Å²) < 4.78 is 108. The summed E-state index contributed by atoms with van der Waals surface area (Å²) in [6.45, 7) is 0. The fourth-order valence-corrected chi connectivity index (χ4v) is 7.68. The Morgan fingerprint density at radius 3 is 1.75 bits per heavy atom. The van der Waals surface area contributed by atoms with Crippen LogP contribution >= 0.6 is 0 Å². The van der Waals surface area contributed by atoms with E-state index in [0.29, 0.717) is 11.0 Å². The van der Waals surface area contributed by atoms with Gasteiger partial charge in [-0.05, 0) is 76.8 Å². The first kappa shape index (κ1) is 19.4. The van der Waals surface area contributed by atoms with Crippen molar-refractivity contribution < 1.29 is 19.5 Å². The zero-order valence-electron chi connectivity index (χ0n) is 37.8. The first-order chi connectivity index (χ1) is 29.9. The second-order valence-corrected chi connectivity index (χ2v) is 12.4. The number of hydrogen-bond acceptors (Lipinski definition) is 1. The Morgan fingerprint density at radius 1 is 0.431 bits per heavy atom. The highest BCUT2D eigenvalue weighted by atomic mass is 16.3. The second kappa shape index (κ2) is 10.8. The maximum absolute atomic E-state index is 9.98. The molecule has 0 unspecified atom stereocenters. The molecule has 8 aromatic carbocycles. The Hall–Kier alpha value is -6.84. The van der Waals surface area contributed by atoms with Crippen LogP contribution in [0.2, 0.25) is 0 Å². The highest BCUT2D eigenvalue weighted by Gasteiger charge is 2.23. The van der Waals surface area contributed by atoms with Gasteiger partial charge in [0.15, 0.2) is 5.58 Å². The lowest BCUT2D eigenvalue weighted by Gasteiger charge is -2.12. The van der Waals surface area contributed by atoms with Crippen LogP contribution in [0.15, 0.2) is 186 Å². The standard InChI is InChI=1S/C48H30N2O/c1-3-15-31(16-4-1)32-29-39-34-19-9-12-28-45(34)51-48(39)44(30-32)50-41-25-11-8-21-38(41)47-36(23-14-27-43(47)50)35-22-13-26-42-46(35)37-20-7-10-24-40(37)49(42)33-17-5-2-6-18-33/h1-30H/i1D,3D,4D,9D,12D,15D,16D,19D,28D,29D,30D. The van der Waals surface area contributed by atoms with Gasteiger partial charge in [0.05, 0.1) is 42.8 Å². The molecule has 0 aliphatic heterocycles. The van der Waals surface area contributed by atoms with Crippen LogP contribution in [0, 0.1) is 0 Å². The lowest BCUT2D eigenvalue weighted by atomic mass is 9.95. The van der Waals surface area contributed by atoms with Crippen LogP contribution in [-0.4, -0.2) is 9.13 Å². The number of furan rings is 1. The minimum Gasteiger partial charge on any atom is -0.454 e. The Bertz CT molecular complexity index is 3750. The third-order valence-corrected chi connectivity index (χ3v) is 9.72. The topological polar surface area (TPSA) is 23.0 Å². The van der Waals surface area contributed by atoms with Gasteiger partial charge in [-0.15, -0.1) is 0 Å². The number of fused-ring (bicyclic) bond motifs is 9. The number of aromatic nitrogens is 2. The van der Waals surface area contributed by atoms with Crippen LogP contribution in [0.1, 0.15) is 15.1 Å². The van der Waals surface area contributed by atoms with Crippen LogP contribution < -0.4 is 0 Å². The SMILES string of the molecule is [2H]c1c([2H])c([2H])c(-c2c([2H])c(-n3c4ccccc4c4c(-c5cccc6c5c5ccccc5n6-c5ccccc5)cccc43)c3oc4c([2H])c([2H])c([2H])c([2H])c4c3c2[2H])c([2H])c1[2H]. The molecule has 0 aliphatic rings. The van der Waals surface area contributed by atoms with E-state index < -0.39 is 66.5 Å². The summed E-state index contributed by atoms with van der Waals surface area (Å²) in [6.07, 6.45) is 0. The summed E-state index contributed by atoms with van der Waals surface area (Å²) in [6, 6.07) is 32.0. The van der Waals surface area contributed by atoms with Gasteiger partial charge in [-0.3, -0.25) is 0 Å². The van der Waals surface area contributed by atoms with Gasteiger partial charge < -0.3 is 13.6 Å². The molecule has 0 amide bonds. The van der Waals surface area contributed by atoms with Gasteiger partial charge in [-0.2, -0.15) is 0 Å². The number of hydrogen-bond donors (Lipinski definition) is 0. The van der Waals surface area contributed by atoms with Crippen molar-refractivity contribution in [3.05, 3.63) is 182 Å². The average Bonchev–Trinajstić information content (AvgIpc) is 3.97. The Labute approximate surface area is 309 Å². The molecule has 0 atom stereocenters. The highest BCUT2D eigenvalue weighted by Crippen LogP contribution is 2.45. The molecule has 238 valence electrons. The zero-order chi connectivity index (χ0) is 43.0. The molecule has 0 saturated carbocycles. The lowest BCUT2D eigenvalue weighted by molar-refractivity contribution is 0.666. The Kier molecular flexibility index (Phi) is 4.11. The van der Waals surface area contributed by atoms with Gasteiger partial charge in [0.25, 0.3) is 0 Å². The quantitative estimate of drug-likeness (QED) is 0.184. The van der Waals surface area contributed by atoms with Gasteiger partial charge in [-0.1, -0.05) is 127 Å². The fraction of sp³-hybridized carbons (Fsp3) is 0. The third kappa shape index (κ3) is 4.06. The van der Waals surface area contributed by atoms with Gasteiger partial charge in [0, 0.05) is 38.0 Å². The third-order valence-electron chi connectivity index (χ3n) is 9.72. The summed E-state index contributed by atoms with van der Waals surface area (Å²) in [4.78, 5) is 0. The second-order valence-electron chi connectivity index (χ2n) is 12.4. The van der Waals surface area contributed by atoms with E-state index in [1.54, 1.807) is 4.57 Å². The first-order valence-corrected chi connectivity index (χ1v) is 16.6. The van der Waals surface area contributed by atoms with Crippen molar-refractivity contribution in [2.24, 2.45) is 0 Å². The lowest BCUT2D eigenvalue weighted by Crippen LogP contribution is -1.96. The van der Waals surface area contributed by atoms with Crippen molar-refractivity contribution in [2.75, 3.05) is 0 Å². The first-order valence-electron chi connectivity index (χ1n) is 22.1. The van der Waals surface area contributed by atoms with Crippen LogP contribution in [0.4, 0.5) is 0 Å². The van der Waals surface area contributed by atoms with Crippen molar-refractivity contribution >= 4 is 65.6 Å². The molecule has 0 bridgehead atoms. The highest BCUT2D eigenvalue weighted by molar-refractivity contribution is 6.23. The van der Waals surface area contributed by atoms with Crippen molar-refractivity contribution in [1.82, 2.24) is 9.13 Å². The number of nitrogens with zero attached hydrogens (tertiary/aromatic N) is 2. The molecule has 3 heteroatoms. The van der Waals surface area contributed by atoms with E-state index >= 15 is 0 Å². The van der Waals surface area contributed by atoms with E-state index in [1.807, 2.05) is 72.8 Å². The molecule has 0 spiro atoms. The summed E-state index contributed by atoms with van der Waals surface area (Å²) in [5, 5.41) is 3.50. The van der Waals surface area contributed by atoms with E-state index in [0.717, 1.165) is 49.4 Å². The predicted molar refractivity (Wildman–Crippen MR) is 213 cm³/mol. The normalized spacial score (nSPS) is 14.9. The van der Waals surface area contributed by atoms with Crippen LogP contribution in [-0.2, 0) is 0 Å². The minimum atomic E-state index is -0.648. The molecular formula is C48H30N2O. The smallest absolute Gasteiger partial charge is 0.159 e. The predicted octanol–water partition coefficient (Wildman–Crippen LogP) is 13.1. The molecule has 51 heavy (non-hydrogen) atoms. The van der Waals surface area contributed by atoms with Crippen molar-refractivity contribution in [2.45, 2.75) is 0 Å². The maximum atomic E-state index is 9.98. The summed E-state index contributed by atoms with van der Waals surface area (Å²) in [7, 11) is 0. The number of benzene rings is 8. The molecule has 0 fully saturated rings. The largest absolute Gasteiger partial charge is 0.454 e. The molecule has 0 aliphatic carbocycles. The Balaban J connectivity index is 1.32. The van der Waals surface area contributed by atoms with E-state index in [4.69, 9.17) is 16.8 Å². The minimum absolute atomic E-state index is 0.0353. The molecule has 3 nitrogen and oxygen atoms in total. The monoisotopic (exact) mass is 661 g/mol. The van der Waals surface area contributed by atoms with Crippen LogP contribution in [0.25, 0.3) is 99.2 Å². The van der Waals surface area contributed by atoms with Gasteiger partial charge in [0.2, 0.25) is 0 Å². The fourth-order valence-electron chi connectivity index (χ4n) is 7.68. The van der Waals surface area contributed by atoms with Gasteiger partial charge in [-0.25, -0.2) is 0 Å². The van der Waals surface area contributed by atoms with Gasteiger partial charge in [0.1, 0.15) is 5.58 Å². The summed E-state index contributed by atoms with van der Waals surface area (Å²) >= 11 is 0. The molecule has 3 heterocycles. The van der Waals surface area contributed by atoms with Crippen molar-refractivity contribution in [1.29, 1.82) is 0 Å². The molecule has 11 aromatic rings. The summed E-state index contributed by atoms with van der Waals surface area (Å²) in [5.74, 6) is 0. The van der Waals surface area contributed by atoms with Crippen LogP contribution in [0.5, 0.6) is 0 Å². The van der Waals surface area contributed by atoms with Crippen molar-refractivity contribution in [3.8, 4) is 33.6 Å². The average molecular weight is 662 g/mol. The molecule has 11 rings (SSSR count). The van der Waals surface area contributed by atoms with E-state index in [-0.39, 0.29) is 38.8 Å². The molecular weight excluding hydrogens is 621 g/mol. The number of rotatable bonds is 4. The summed E-state index contributed by atoms with van der Waals surface area (Å²) in [5.41, 5.74) is 5.15. The van der Waals surface area contributed by atoms with Crippen LogP contribution in [0.3, 0.4) is 0 Å².